The second kappa shape index (κ2) is 51.4. The SMILES string of the molecule is C.C.C.C.C.C.C.C.CCC(C)c1ccc(S(=O)(=O)Cl)cc1.CCC(C)c1ccc(S(=O)(=O)NC(Cc2ccc(O)cc2)C(=O)OC)cc1.CCC(C)c1ccc(S(=O)(=O)O)cc1.CCC(C)c1ccccc1.O=S([O-])OCl.O=S([O-])OCl. The molecule has 83 heavy (non-hydrogen) atoms. The van der Waals surface area contributed by atoms with Crippen molar-refractivity contribution >= 4 is 92.3 Å². The first kappa shape index (κ1) is 98.2. The van der Waals surface area contributed by atoms with Gasteiger partial charge in [-0.15, -0.1) is 0 Å². The van der Waals surface area contributed by atoms with E-state index in [9.17, 15) is 35.2 Å². The van der Waals surface area contributed by atoms with Gasteiger partial charge >= 0.3 is 5.97 Å². The fourth-order valence-corrected chi connectivity index (χ4v) is 8.50. The van der Waals surface area contributed by atoms with Crippen molar-refractivity contribution in [3.63, 3.8) is 0 Å². The number of sulfonamides is 1. The Balaban J connectivity index is -0.000000121. The number of ether oxygens (including phenoxy) is 1. The Kier molecular flexibility index (Phi) is 60.8. The summed E-state index contributed by atoms with van der Waals surface area (Å²) < 4.78 is 127. The van der Waals surface area contributed by atoms with Crippen LogP contribution in [-0.2, 0) is 75.3 Å². The summed E-state index contributed by atoms with van der Waals surface area (Å²) in [7, 11) is -5.12. The number of halogens is 3. The summed E-state index contributed by atoms with van der Waals surface area (Å²) in [5.74, 6) is 1.32. The lowest BCUT2D eigenvalue weighted by molar-refractivity contribution is -0.142. The van der Waals surface area contributed by atoms with Crippen LogP contribution in [0.4, 0.5) is 0 Å². The minimum atomic E-state index is -4.05. The van der Waals surface area contributed by atoms with E-state index in [-0.39, 0.29) is 86.3 Å². The van der Waals surface area contributed by atoms with Crippen LogP contribution in [0.2, 0.25) is 0 Å². The lowest BCUT2D eigenvalue weighted by atomic mass is 9.99. The summed E-state index contributed by atoms with van der Waals surface area (Å²) in [5, 5.41) is 9.36. The van der Waals surface area contributed by atoms with E-state index in [0.717, 1.165) is 36.0 Å². The number of methoxy groups -OCH3 is 1. The number of esters is 1. The molecule has 0 aliphatic rings. The smallest absolute Gasteiger partial charge is 0.324 e. The number of hydrogen-bond donors (Lipinski definition) is 3. The van der Waals surface area contributed by atoms with E-state index in [0.29, 0.717) is 29.2 Å². The molecule has 5 aromatic carbocycles. The number of phenolic OH excluding ortho intramolecular Hbond substituents is 1. The molecule has 0 heterocycles. The van der Waals surface area contributed by atoms with Gasteiger partial charge in [0.25, 0.3) is 19.2 Å². The second-order valence-electron chi connectivity index (χ2n) is 16.4. The Labute approximate surface area is 522 Å². The molecule has 25 heteroatoms. The van der Waals surface area contributed by atoms with Gasteiger partial charge < -0.3 is 18.9 Å². The summed E-state index contributed by atoms with van der Waals surface area (Å²) >= 11 is 3.33. The van der Waals surface area contributed by atoms with Gasteiger partial charge in [-0.2, -0.15) is 20.6 Å². The standard InChI is InChI=1S/C20H25NO5S.C10H13ClO2S.C10H14O3S.C10H14.8CH4.2ClHO3S/c1-4-14(2)16-7-11-18(12-8-16)27(24,25)21-19(20(23)26-3)13-15-5-9-17(22)10-6-15;2*1-3-8(2)9-4-6-10(7-5-9)14(11,12)13;1-3-9(2)10-7-5-4-6-8-10;;;;;;;;;2*1-4-5(2)3/h5-12,14,19,21-22H,4,13H2,1-3H3;4-8H,3H2,1-2H3;4-8H,3H2,1-2H3,(H,11,12,13);4-9H,3H2,1-2H3;8*1H4;2*(H,2,3)/p-2. The quantitative estimate of drug-likeness (QED) is 0.0318. The predicted octanol–water partition coefficient (Wildman–Crippen LogP) is 16.7. The van der Waals surface area contributed by atoms with Gasteiger partial charge in [-0.1, -0.05) is 194 Å². The van der Waals surface area contributed by atoms with Gasteiger partial charge in [0.15, 0.2) is 0 Å². The Morgan fingerprint density at radius 3 is 1.08 bits per heavy atom. The molecule has 0 aromatic heterocycles. The highest BCUT2D eigenvalue weighted by Crippen LogP contribution is 2.24. The Bertz CT molecular complexity index is 2690. The fourth-order valence-electron chi connectivity index (χ4n) is 6.07. The number of hydrogen-bond acceptors (Lipinski definition) is 15. The maximum atomic E-state index is 12.7. The number of carbonyl (C=O) groups is 1. The molecule has 0 saturated heterocycles. The number of aromatic hydroxyl groups is 1. The third-order valence-corrected chi connectivity index (χ3v) is 15.9. The van der Waals surface area contributed by atoms with E-state index < -0.39 is 63.9 Å². The molecule has 0 saturated carbocycles. The molecule has 0 fully saturated rings. The van der Waals surface area contributed by atoms with Crippen molar-refractivity contribution in [3.8, 4) is 5.75 Å². The van der Waals surface area contributed by atoms with Crippen molar-refractivity contribution < 1.29 is 69.4 Å². The van der Waals surface area contributed by atoms with Crippen LogP contribution in [0.25, 0.3) is 0 Å². The van der Waals surface area contributed by atoms with Crippen molar-refractivity contribution in [1.82, 2.24) is 4.72 Å². The first-order chi connectivity index (χ1) is 35.0. The van der Waals surface area contributed by atoms with Crippen molar-refractivity contribution in [3.05, 3.63) is 155 Å². The molecule has 0 bridgehead atoms. The third kappa shape index (κ3) is 41.0. The number of nitrogens with one attached hydrogen (secondary N) is 1. The zero-order valence-corrected chi connectivity index (χ0v) is 49.2. The molecule has 7 atom stereocenters. The molecule has 0 aliphatic heterocycles. The largest absolute Gasteiger partial charge is 0.749 e. The van der Waals surface area contributed by atoms with Crippen LogP contribution in [0.15, 0.2) is 142 Å². The number of phenols is 1. The normalized spacial score (nSPS) is 12.5. The first-order valence-electron chi connectivity index (χ1n) is 23.0. The van der Waals surface area contributed by atoms with Gasteiger partial charge in [0.2, 0.25) is 10.0 Å². The van der Waals surface area contributed by atoms with Crippen molar-refractivity contribution in [2.45, 2.75) is 191 Å². The average molecular weight is 1330 g/mol. The van der Waals surface area contributed by atoms with Crippen LogP contribution in [0.5, 0.6) is 5.75 Å². The lowest BCUT2D eigenvalue weighted by Crippen LogP contribution is -2.42. The number of carbonyl (C=O) groups excluding carboxylic acids is 1. The van der Waals surface area contributed by atoms with Crippen molar-refractivity contribution in [1.29, 1.82) is 0 Å². The zero-order valence-electron chi connectivity index (χ0n) is 42.8. The summed E-state index contributed by atoms with van der Waals surface area (Å²) in [6.45, 7) is 17.0. The maximum absolute atomic E-state index is 12.7. The van der Waals surface area contributed by atoms with Crippen LogP contribution >= 0.6 is 34.4 Å². The monoisotopic (exact) mass is 1330 g/mol. The van der Waals surface area contributed by atoms with E-state index in [2.05, 4.69) is 122 Å². The molecule has 3 N–H and O–H groups in total. The van der Waals surface area contributed by atoms with Crippen LogP contribution in [-0.4, -0.2) is 71.6 Å². The molecule has 0 radical (unpaired) electrons. The second-order valence-corrected chi connectivity index (χ2v) is 23.9. The highest BCUT2D eigenvalue weighted by atomic mass is 35.7. The van der Waals surface area contributed by atoms with E-state index in [1.165, 1.54) is 43.4 Å². The van der Waals surface area contributed by atoms with E-state index in [4.69, 9.17) is 37.5 Å². The summed E-state index contributed by atoms with van der Waals surface area (Å²) in [5.41, 5.74) is 5.42. The summed E-state index contributed by atoms with van der Waals surface area (Å²) in [6.07, 6.45) is 4.33. The Morgan fingerprint density at radius 1 is 0.530 bits per heavy atom. The van der Waals surface area contributed by atoms with Gasteiger partial charge in [0.1, 0.15) is 34.5 Å². The summed E-state index contributed by atoms with van der Waals surface area (Å²) in [4.78, 5) is 12.3. The first-order valence-corrected chi connectivity index (χ1v) is 30.8. The maximum Gasteiger partial charge on any atom is 0.324 e. The average Bonchev–Trinajstić information content (AvgIpc) is 3.40. The molecule has 7 unspecified atom stereocenters. The van der Waals surface area contributed by atoms with E-state index in [1.807, 2.05) is 12.1 Å². The minimum Gasteiger partial charge on any atom is -0.749 e. The zero-order chi connectivity index (χ0) is 57.5. The topological polar surface area (TPSA) is 280 Å². The van der Waals surface area contributed by atoms with Crippen molar-refractivity contribution in [2.24, 2.45) is 0 Å². The predicted molar refractivity (Wildman–Crippen MR) is 347 cm³/mol. The van der Waals surface area contributed by atoms with E-state index in [1.54, 1.807) is 60.7 Å². The van der Waals surface area contributed by atoms with Crippen LogP contribution in [0.3, 0.4) is 0 Å². The summed E-state index contributed by atoms with van der Waals surface area (Å²) in [6, 6.07) is 35.5. The highest BCUT2D eigenvalue weighted by Gasteiger charge is 2.27. The molecule has 0 spiro atoms. The fraction of sp³-hybridized carbons (Fsp3) is 0.466. The van der Waals surface area contributed by atoms with Crippen molar-refractivity contribution in [2.75, 3.05) is 7.11 Å². The van der Waals surface area contributed by atoms with Crippen LogP contribution in [0.1, 0.15) is 192 Å². The van der Waals surface area contributed by atoms with Gasteiger partial charge in [-0.25, -0.2) is 25.3 Å². The molecular formula is C58H98Cl3NO16S5-2. The molecule has 0 amide bonds. The molecular weight excluding hydrogens is 1230 g/mol. The third-order valence-electron chi connectivity index (χ3n) is 11.3. The number of benzene rings is 5. The minimum absolute atomic E-state index is 0. The van der Waals surface area contributed by atoms with Crippen LogP contribution in [0, 0.1) is 0 Å². The lowest BCUT2D eigenvalue weighted by Gasteiger charge is -2.17. The molecule has 5 aromatic rings. The molecule has 5 rings (SSSR count). The Hall–Kier alpha value is -3.85. The highest BCUT2D eigenvalue weighted by molar-refractivity contribution is 8.13. The molecule has 484 valence electrons. The molecule has 17 nitrogen and oxygen atoms in total. The molecule has 0 aliphatic carbocycles. The van der Waals surface area contributed by atoms with Gasteiger partial charge in [-0.05, 0) is 132 Å². The number of rotatable bonds is 18. The van der Waals surface area contributed by atoms with Gasteiger partial charge in [-0.3, -0.25) is 9.35 Å². The Morgan fingerprint density at radius 2 is 0.819 bits per heavy atom. The van der Waals surface area contributed by atoms with Gasteiger partial charge in [0, 0.05) is 10.7 Å². The van der Waals surface area contributed by atoms with Crippen LogP contribution < -0.4 is 4.72 Å². The van der Waals surface area contributed by atoms with E-state index >= 15 is 0 Å². The van der Waals surface area contributed by atoms with Gasteiger partial charge in [0.05, 0.1) is 45.5 Å².